The largest absolute Gasteiger partial charge is 0.462 e. The Labute approximate surface area is 105 Å². The van der Waals surface area contributed by atoms with E-state index in [1.807, 2.05) is 12.1 Å². The van der Waals surface area contributed by atoms with Gasteiger partial charge < -0.3 is 9.30 Å². The number of para-hydroxylation sites is 1. The molecule has 4 heteroatoms. The molecule has 0 amide bonds. The number of rotatable bonds is 3. The molecule has 0 unspecified atom stereocenters. The van der Waals surface area contributed by atoms with Crippen LogP contribution >= 0.6 is 0 Å². The van der Waals surface area contributed by atoms with E-state index in [-0.39, 0.29) is 24.0 Å². The number of esters is 1. The first-order chi connectivity index (χ1) is 8.58. The molecule has 2 aromatic rings. The van der Waals surface area contributed by atoms with E-state index in [4.69, 9.17) is 4.74 Å². The summed E-state index contributed by atoms with van der Waals surface area (Å²) in [6, 6.07) is 8.68. The van der Waals surface area contributed by atoms with E-state index in [2.05, 4.69) is 0 Å². The number of benzene rings is 1. The molecule has 1 heterocycles. The van der Waals surface area contributed by atoms with Gasteiger partial charge in [0.2, 0.25) is 0 Å². The smallest absolute Gasteiger partial charge is 0.326 e. The number of pyridine rings is 1. The van der Waals surface area contributed by atoms with Gasteiger partial charge in [-0.05, 0) is 26.0 Å². The van der Waals surface area contributed by atoms with Crippen molar-refractivity contribution in [3.8, 4) is 0 Å². The number of carbonyl (C=O) groups excluding carboxylic acids is 1. The van der Waals surface area contributed by atoms with Crippen LogP contribution in [0.15, 0.2) is 41.3 Å². The second-order valence-electron chi connectivity index (χ2n) is 4.36. The van der Waals surface area contributed by atoms with Crippen molar-refractivity contribution >= 4 is 16.9 Å². The minimum absolute atomic E-state index is 0.0425. The van der Waals surface area contributed by atoms with Gasteiger partial charge >= 0.3 is 5.97 Å². The molecular formula is C14H15NO3. The first-order valence-electron chi connectivity index (χ1n) is 5.85. The number of fused-ring (bicyclic) bond motifs is 1. The third kappa shape index (κ3) is 2.59. The van der Waals surface area contributed by atoms with Crippen LogP contribution in [0.3, 0.4) is 0 Å². The Morgan fingerprint density at radius 1 is 1.28 bits per heavy atom. The third-order valence-corrected chi connectivity index (χ3v) is 2.55. The van der Waals surface area contributed by atoms with Gasteiger partial charge in [0.1, 0.15) is 6.54 Å². The van der Waals surface area contributed by atoms with Crippen LogP contribution in [0.4, 0.5) is 0 Å². The van der Waals surface area contributed by atoms with Crippen LogP contribution in [0, 0.1) is 0 Å². The summed E-state index contributed by atoms with van der Waals surface area (Å²) < 4.78 is 6.82. The Morgan fingerprint density at radius 2 is 2.00 bits per heavy atom. The van der Waals surface area contributed by atoms with Crippen molar-refractivity contribution in [2.45, 2.75) is 26.5 Å². The molecule has 2 rings (SSSR count). The molecule has 0 saturated carbocycles. The van der Waals surface area contributed by atoms with Crippen LogP contribution < -0.4 is 5.43 Å². The van der Waals surface area contributed by atoms with Gasteiger partial charge in [-0.1, -0.05) is 12.1 Å². The molecule has 0 fully saturated rings. The van der Waals surface area contributed by atoms with Crippen molar-refractivity contribution in [3.05, 3.63) is 46.8 Å². The van der Waals surface area contributed by atoms with Gasteiger partial charge in [-0.2, -0.15) is 0 Å². The average Bonchev–Trinajstić information content (AvgIpc) is 2.32. The van der Waals surface area contributed by atoms with Crippen LogP contribution in [0.5, 0.6) is 0 Å². The Bertz CT molecular complexity index is 628. The average molecular weight is 245 g/mol. The molecule has 0 spiro atoms. The van der Waals surface area contributed by atoms with E-state index in [1.54, 1.807) is 36.7 Å². The molecule has 0 bridgehead atoms. The van der Waals surface area contributed by atoms with Gasteiger partial charge in [0, 0.05) is 17.6 Å². The summed E-state index contributed by atoms with van der Waals surface area (Å²) >= 11 is 0. The maximum atomic E-state index is 11.7. The van der Waals surface area contributed by atoms with Gasteiger partial charge in [0.25, 0.3) is 0 Å². The lowest BCUT2D eigenvalue weighted by atomic mass is 10.2. The maximum Gasteiger partial charge on any atom is 0.326 e. The number of aromatic nitrogens is 1. The maximum absolute atomic E-state index is 11.7. The minimum Gasteiger partial charge on any atom is -0.462 e. The van der Waals surface area contributed by atoms with Crippen LogP contribution in [0.25, 0.3) is 10.9 Å². The highest BCUT2D eigenvalue weighted by Crippen LogP contribution is 2.09. The molecule has 18 heavy (non-hydrogen) atoms. The number of ether oxygens (including phenoxy) is 1. The summed E-state index contributed by atoms with van der Waals surface area (Å²) in [5.41, 5.74) is 0.699. The second-order valence-corrected chi connectivity index (χ2v) is 4.36. The molecule has 0 atom stereocenters. The highest BCUT2D eigenvalue weighted by molar-refractivity contribution is 5.80. The molecule has 0 aliphatic carbocycles. The number of hydrogen-bond acceptors (Lipinski definition) is 3. The molecular weight excluding hydrogens is 230 g/mol. The van der Waals surface area contributed by atoms with Crippen molar-refractivity contribution in [1.82, 2.24) is 4.57 Å². The van der Waals surface area contributed by atoms with E-state index in [0.29, 0.717) is 5.39 Å². The lowest BCUT2D eigenvalue weighted by Crippen LogP contribution is -2.19. The minimum atomic E-state index is -0.307. The van der Waals surface area contributed by atoms with E-state index in [1.165, 1.54) is 6.07 Å². The third-order valence-electron chi connectivity index (χ3n) is 2.55. The van der Waals surface area contributed by atoms with Crippen molar-refractivity contribution in [1.29, 1.82) is 0 Å². The zero-order chi connectivity index (χ0) is 13.1. The second kappa shape index (κ2) is 5.04. The van der Waals surface area contributed by atoms with E-state index in [0.717, 1.165) is 5.52 Å². The van der Waals surface area contributed by atoms with Gasteiger partial charge in [0.05, 0.1) is 11.6 Å². The van der Waals surface area contributed by atoms with E-state index < -0.39 is 0 Å². The summed E-state index contributed by atoms with van der Waals surface area (Å²) in [4.78, 5) is 23.3. The predicted octanol–water partition coefficient (Wildman–Crippen LogP) is 1.95. The SMILES string of the molecule is CC(C)OC(=O)Cn1ccc(=O)c2ccccc21. The standard InChI is InChI=1S/C14H15NO3/c1-10(2)18-14(17)9-15-8-7-13(16)11-5-3-4-6-12(11)15/h3-8,10H,9H2,1-2H3. The van der Waals surface area contributed by atoms with Crippen molar-refractivity contribution < 1.29 is 9.53 Å². The fraction of sp³-hybridized carbons (Fsp3) is 0.286. The van der Waals surface area contributed by atoms with Gasteiger partial charge in [-0.3, -0.25) is 9.59 Å². The molecule has 0 radical (unpaired) electrons. The molecule has 0 saturated heterocycles. The Hall–Kier alpha value is -2.10. The molecule has 4 nitrogen and oxygen atoms in total. The van der Waals surface area contributed by atoms with Crippen molar-refractivity contribution in [2.75, 3.05) is 0 Å². The Balaban J connectivity index is 2.37. The molecule has 1 aromatic carbocycles. The first kappa shape index (κ1) is 12.4. The van der Waals surface area contributed by atoms with Gasteiger partial charge in [-0.15, -0.1) is 0 Å². The first-order valence-corrected chi connectivity index (χ1v) is 5.85. The summed E-state index contributed by atoms with van der Waals surface area (Å²) in [7, 11) is 0. The molecule has 1 aromatic heterocycles. The fourth-order valence-corrected chi connectivity index (χ4v) is 1.84. The van der Waals surface area contributed by atoms with Gasteiger partial charge in [0.15, 0.2) is 5.43 Å². The topological polar surface area (TPSA) is 48.3 Å². The Morgan fingerprint density at radius 3 is 2.72 bits per heavy atom. The number of carbonyl (C=O) groups is 1. The summed E-state index contributed by atoms with van der Waals surface area (Å²) in [5.74, 6) is -0.307. The highest BCUT2D eigenvalue weighted by atomic mass is 16.5. The summed E-state index contributed by atoms with van der Waals surface area (Å²) in [5, 5.41) is 0.609. The van der Waals surface area contributed by atoms with Gasteiger partial charge in [-0.25, -0.2) is 0 Å². The fourth-order valence-electron chi connectivity index (χ4n) is 1.84. The monoisotopic (exact) mass is 245 g/mol. The number of nitrogens with zero attached hydrogens (tertiary/aromatic N) is 1. The number of hydrogen-bond donors (Lipinski definition) is 0. The molecule has 0 N–H and O–H groups in total. The van der Waals surface area contributed by atoms with Crippen LogP contribution in [-0.2, 0) is 16.1 Å². The highest BCUT2D eigenvalue weighted by Gasteiger charge is 2.08. The van der Waals surface area contributed by atoms with Crippen LogP contribution in [-0.4, -0.2) is 16.6 Å². The quantitative estimate of drug-likeness (QED) is 0.776. The summed E-state index contributed by atoms with van der Waals surface area (Å²) in [6.45, 7) is 3.72. The molecule has 94 valence electrons. The Kier molecular flexibility index (Phi) is 3.46. The van der Waals surface area contributed by atoms with Crippen molar-refractivity contribution in [2.24, 2.45) is 0 Å². The zero-order valence-corrected chi connectivity index (χ0v) is 10.4. The van der Waals surface area contributed by atoms with Crippen LogP contribution in [0.2, 0.25) is 0 Å². The van der Waals surface area contributed by atoms with Crippen LogP contribution in [0.1, 0.15) is 13.8 Å². The lowest BCUT2D eigenvalue weighted by Gasteiger charge is -2.12. The van der Waals surface area contributed by atoms with Crippen molar-refractivity contribution in [3.63, 3.8) is 0 Å². The molecule has 0 aliphatic rings. The van der Waals surface area contributed by atoms with E-state index >= 15 is 0 Å². The summed E-state index contributed by atoms with van der Waals surface area (Å²) in [6.07, 6.45) is 1.48. The van der Waals surface area contributed by atoms with E-state index in [9.17, 15) is 9.59 Å². The predicted molar refractivity (Wildman–Crippen MR) is 69.4 cm³/mol. The molecule has 0 aliphatic heterocycles. The lowest BCUT2D eigenvalue weighted by molar-refractivity contribution is -0.148. The zero-order valence-electron chi connectivity index (χ0n) is 10.4. The normalized spacial score (nSPS) is 10.8.